The zero-order chi connectivity index (χ0) is 13.5. The third-order valence-electron chi connectivity index (χ3n) is 1.94. The molecule has 18 heavy (non-hydrogen) atoms. The summed E-state index contributed by atoms with van der Waals surface area (Å²) in [5.41, 5.74) is 0. The summed E-state index contributed by atoms with van der Waals surface area (Å²) >= 11 is 3.00. The Kier molecular flexibility index (Phi) is 5.77. The molecule has 6 heteroatoms. The van der Waals surface area contributed by atoms with E-state index in [1.165, 1.54) is 12.1 Å². The van der Waals surface area contributed by atoms with Crippen LogP contribution in [0.15, 0.2) is 22.7 Å². The van der Waals surface area contributed by atoms with Crippen LogP contribution in [0.25, 0.3) is 0 Å². The Hall–Kier alpha value is -1.43. The van der Waals surface area contributed by atoms with E-state index < -0.39 is 17.6 Å². The number of carbonyl (C=O) groups excluding carboxylic acids is 2. The van der Waals surface area contributed by atoms with Gasteiger partial charge >= 0.3 is 5.97 Å². The first-order valence-corrected chi connectivity index (χ1v) is 6.07. The third kappa shape index (κ3) is 4.83. The van der Waals surface area contributed by atoms with Gasteiger partial charge in [-0.3, -0.25) is 9.59 Å². The maximum absolute atomic E-state index is 13.1. The van der Waals surface area contributed by atoms with Crippen LogP contribution in [0.2, 0.25) is 0 Å². The van der Waals surface area contributed by atoms with E-state index in [1.54, 1.807) is 6.92 Å². The van der Waals surface area contributed by atoms with Crippen molar-refractivity contribution in [3.63, 3.8) is 0 Å². The van der Waals surface area contributed by atoms with Crippen molar-refractivity contribution in [1.82, 2.24) is 0 Å². The minimum atomic E-state index is -0.590. The molecule has 0 fully saturated rings. The average molecular weight is 319 g/mol. The van der Waals surface area contributed by atoms with Crippen LogP contribution < -0.4 is 4.74 Å². The van der Waals surface area contributed by atoms with E-state index in [1.807, 2.05) is 0 Å². The van der Waals surface area contributed by atoms with Gasteiger partial charge in [0.25, 0.3) is 0 Å². The summed E-state index contributed by atoms with van der Waals surface area (Å²) < 4.78 is 23.1. The van der Waals surface area contributed by atoms with E-state index in [4.69, 9.17) is 4.74 Å². The highest BCUT2D eigenvalue weighted by atomic mass is 79.9. The van der Waals surface area contributed by atoms with Crippen molar-refractivity contribution >= 4 is 27.7 Å². The minimum Gasteiger partial charge on any atom is -0.486 e. The van der Waals surface area contributed by atoms with Gasteiger partial charge < -0.3 is 9.47 Å². The molecule has 0 N–H and O–H groups in total. The normalized spacial score (nSPS) is 9.94. The monoisotopic (exact) mass is 318 g/mol. The molecule has 0 heterocycles. The number of hydrogen-bond acceptors (Lipinski definition) is 4. The molecule has 0 aliphatic carbocycles. The molecule has 0 amide bonds. The molecule has 0 spiro atoms. The first-order chi connectivity index (χ1) is 8.52. The Morgan fingerprint density at radius 1 is 1.39 bits per heavy atom. The number of rotatable bonds is 6. The first kappa shape index (κ1) is 14.6. The van der Waals surface area contributed by atoms with Gasteiger partial charge in [0.1, 0.15) is 24.6 Å². The second kappa shape index (κ2) is 7.10. The second-order valence-electron chi connectivity index (χ2n) is 3.39. The van der Waals surface area contributed by atoms with Crippen molar-refractivity contribution in [2.45, 2.75) is 13.3 Å². The van der Waals surface area contributed by atoms with Gasteiger partial charge in [-0.1, -0.05) is 0 Å². The summed E-state index contributed by atoms with van der Waals surface area (Å²) in [6, 6.07) is 4.15. The van der Waals surface area contributed by atoms with E-state index in [0.717, 1.165) is 6.07 Å². The lowest BCUT2D eigenvalue weighted by Gasteiger charge is -2.06. The summed E-state index contributed by atoms with van der Waals surface area (Å²) in [5.74, 6) is -1.26. The van der Waals surface area contributed by atoms with Gasteiger partial charge in [-0.15, -0.1) is 0 Å². The standard InChI is InChI=1S/C12H12BrFO4/c1-2-17-12(16)5-8(15)7-18-9-3-4-10(13)11(14)6-9/h3-4,6H,2,5,7H2,1H3. The van der Waals surface area contributed by atoms with Gasteiger partial charge in [-0.2, -0.15) is 0 Å². The van der Waals surface area contributed by atoms with Crippen LogP contribution in [0.3, 0.4) is 0 Å². The zero-order valence-corrected chi connectivity index (χ0v) is 11.3. The van der Waals surface area contributed by atoms with Gasteiger partial charge in [0.05, 0.1) is 11.1 Å². The highest BCUT2D eigenvalue weighted by molar-refractivity contribution is 9.10. The fraction of sp³-hybridized carbons (Fsp3) is 0.333. The van der Waals surface area contributed by atoms with Crippen LogP contribution in [-0.2, 0) is 14.3 Å². The topological polar surface area (TPSA) is 52.6 Å². The lowest BCUT2D eigenvalue weighted by Crippen LogP contribution is -2.17. The molecule has 0 unspecified atom stereocenters. The molecule has 0 saturated carbocycles. The fourth-order valence-electron chi connectivity index (χ4n) is 1.15. The van der Waals surface area contributed by atoms with Gasteiger partial charge in [-0.25, -0.2) is 4.39 Å². The summed E-state index contributed by atoms with van der Waals surface area (Å²) in [6.07, 6.45) is -0.340. The van der Waals surface area contributed by atoms with Crippen LogP contribution in [0.4, 0.5) is 4.39 Å². The Bertz CT molecular complexity index is 448. The van der Waals surface area contributed by atoms with Gasteiger partial charge in [0.15, 0.2) is 5.78 Å². The maximum atomic E-state index is 13.1. The molecule has 0 aromatic heterocycles. The zero-order valence-electron chi connectivity index (χ0n) is 9.74. The number of benzene rings is 1. The van der Waals surface area contributed by atoms with Crippen LogP contribution in [0.1, 0.15) is 13.3 Å². The highest BCUT2D eigenvalue weighted by Crippen LogP contribution is 2.20. The average Bonchev–Trinajstić information content (AvgIpc) is 2.31. The highest BCUT2D eigenvalue weighted by Gasteiger charge is 2.11. The minimum absolute atomic E-state index is 0.227. The maximum Gasteiger partial charge on any atom is 0.313 e. The van der Waals surface area contributed by atoms with E-state index in [2.05, 4.69) is 20.7 Å². The van der Waals surface area contributed by atoms with Crippen LogP contribution in [0, 0.1) is 5.82 Å². The van der Waals surface area contributed by atoms with Gasteiger partial charge in [0, 0.05) is 6.07 Å². The smallest absolute Gasteiger partial charge is 0.313 e. The van der Waals surface area contributed by atoms with Crippen LogP contribution in [-0.4, -0.2) is 25.0 Å². The Balaban J connectivity index is 2.42. The van der Waals surface area contributed by atoms with Crippen molar-refractivity contribution in [2.24, 2.45) is 0 Å². The fourth-order valence-corrected chi connectivity index (χ4v) is 1.40. The number of carbonyl (C=O) groups is 2. The number of halogens is 2. The molecular formula is C12H12BrFO4. The molecule has 0 saturated heterocycles. The molecule has 0 radical (unpaired) electrons. The third-order valence-corrected chi connectivity index (χ3v) is 2.58. The Morgan fingerprint density at radius 3 is 2.72 bits per heavy atom. The summed E-state index contributed by atoms with van der Waals surface area (Å²) in [5, 5.41) is 0. The quantitative estimate of drug-likeness (QED) is 0.597. The van der Waals surface area contributed by atoms with Crippen molar-refractivity contribution in [3.05, 3.63) is 28.5 Å². The van der Waals surface area contributed by atoms with E-state index in [-0.39, 0.29) is 25.4 Å². The van der Waals surface area contributed by atoms with E-state index in [0.29, 0.717) is 4.47 Å². The van der Waals surface area contributed by atoms with Gasteiger partial charge in [0.2, 0.25) is 0 Å². The number of ketones is 1. The molecule has 0 aliphatic rings. The van der Waals surface area contributed by atoms with Gasteiger partial charge in [-0.05, 0) is 35.0 Å². The van der Waals surface area contributed by atoms with Crippen molar-refractivity contribution in [1.29, 1.82) is 0 Å². The lowest BCUT2D eigenvalue weighted by molar-refractivity contribution is -0.145. The largest absolute Gasteiger partial charge is 0.486 e. The first-order valence-electron chi connectivity index (χ1n) is 5.28. The number of hydrogen-bond donors (Lipinski definition) is 0. The second-order valence-corrected chi connectivity index (χ2v) is 4.24. The molecule has 0 bridgehead atoms. The van der Waals surface area contributed by atoms with Crippen LogP contribution >= 0.6 is 15.9 Å². The Labute approximate surface area is 112 Å². The molecule has 4 nitrogen and oxygen atoms in total. The molecule has 0 atom stereocenters. The van der Waals surface area contributed by atoms with Crippen molar-refractivity contribution < 1.29 is 23.5 Å². The molecule has 1 rings (SSSR count). The number of ether oxygens (including phenoxy) is 2. The van der Waals surface area contributed by atoms with Crippen molar-refractivity contribution in [2.75, 3.05) is 13.2 Å². The van der Waals surface area contributed by atoms with E-state index >= 15 is 0 Å². The summed E-state index contributed by atoms with van der Waals surface area (Å²) in [6.45, 7) is 1.59. The number of Topliss-reactive ketones (excluding diaryl/α,β-unsaturated/α-hetero) is 1. The van der Waals surface area contributed by atoms with E-state index in [9.17, 15) is 14.0 Å². The lowest BCUT2D eigenvalue weighted by atomic mass is 10.3. The summed E-state index contributed by atoms with van der Waals surface area (Å²) in [7, 11) is 0. The predicted octanol–water partition coefficient (Wildman–Crippen LogP) is 2.49. The van der Waals surface area contributed by atoms with Crippen molar-refractivity contribution in [3.8, 4) is 5.75 Å². The number of esters is 1. The Morgan fingerprint density at radius 2 is 2.11 bits per heavy atom. The molecule has 0 aliphatic heterocycles. The molecule has 98 valence electrons. The predicted molar refractivity (Wildman–Crippen MR) is 65.9 cm³/mol. The SMILES string of the molecule is CCOC(=O)CC(=O)COc1ccc(Br)c(F)c1. The summed E-state index contributed by atoms with van der Waals surface area (Å²) in [4.78, 5) is 22.3. The van der Waals surface area contributed by atoms with Crippen LogP contribution in [0.5, 0.6) is 5.75 Å². The molecule has 1 aromatic rings. The molecular weight excluding hydrogens is 307 g/mol. The molecule has 1 aromatic carbocycles.